The average molecular weight is 476 g/mol. The molecule has 4 rings (SSSR count). The Labute approximate surface area is 207 Å². The van der Waals surface area contributed by atoms with Crippen LogP contribution in [0.4, 0.5) is 0 Å². The first-order valence-corrected chi connectivity index (χ1v) is 12.1. The minimum atomic E-state index is -0.657. The molecule has 6 heteroatoms. The number of ether oxygens (including phenoxy) is 3. The number of aliphatic imine (C=N–C) groups is 1. The largest absolute Gasteiger partial charge is 0.496 e. The van der Waals surface area contributed by atoms with Crippen molar-refractivity contribution < 1.29 is 23.8 Å². The first-order chi connectivity index (χ1) is 16.7. The van der Waals surface area contributed by atoms with Crippen LogP contribution in [0.25, 0.3) is 0 Å². The number of para-hydroxylation sites is 1. The number of benzene rings is 2. The van der Waals surface area contributed by atoms with Crippen LogP contribution in [0.3, 0.4) is 0 Å². The average Bonchev–Trinajstić information content (AvgIpc) is 2.81. The van der Waals surface area contributed by atoms with Crippen molar-refractivity contribution in [2.45, 2.75) is 53.1 Å². The van der Waals surface area contributed by atoms with E-state index in [2.05, 4.69) is 13.8 Å². The molecule has 0 spiro atoms. The number of nitrogens with zero attached hydrogens (tertiary/aromatic N) is 1. The zero-order valence-electron chi connectivity index (χ0n) is 21.1. The van der Waals surface area contributed by atoms with Gasteiger partial charge in [-0.15, -0.1) is 0 Å². The number of carbonyl (C=O) groups is 2. The van der Waals surface area contributed by atoms with Gasteiger partial charge in [0.25, 0.3) is 0 Å². The molecule has 0 aromatic heterocycles. The van der Waals surface area contributed by atoms with Gasteiger partial charge in [-0.05, 0) is 55.5 Å². The number of esters is 1. The van der Waals surface area contributed by atoms with Gasteiger partial charge in [0, 0.05) is 34.9 Å². The Balaban J connectivity index is 1.79. The highest BCUT2D eigenvalue weighted by atomic mass is 16.5. The van der Waals surface area contributed by atoms with Crippen molar-refractivity contribution in [3.8, 4) is 11.5 Å². The summed E-state index contributed by atoms with van der Waals surface area (Å²) in [4.78, 5) is 31.4. The predicted molar refractivity (Wildman–Crippen MR) is 135 cm³/mol. The number of allylic oxidation sites excluding steroid dienone is 2. The van der Waals surface area contributed by atoms with Crippen LogP contribution in [-0.2, 0) is 20.9 Å². The first kappa shape index (κ1) is 24.7. The third-order valence-corrected chi connectivity index (χ3v) is 6.64. The topological polar surface area (TPSA) is 74.2 Å². The second-order valence-electron chi connectivity index (χ2n) is 9.93. The fraction of sp³-hybridized carbons (Fsp3) is 0.414. The molecule has 0 bridgehead atoms. The summed E-state index contributed by atoms with van der Waals surface area (Å²) in [5.41, 5.74) is 3.61. The molecule has 0 amide bonds. The highest BCUT2D eigenvalue weighted by Gasteiger charge is 2.46. The van der Waals surface area contributed by atoms with Gasteiger partial charge < -0.3 is 14.2 Å². The molecule has 0 saturated carbocycles. The van der Waals surface area contributed by atoms with Gasteiger partial charge in [-0.3, -0.25) is 14.6 Å². The molecule has 1 aliphatic carbocycles. The molecule has 0 fully saturated rings. The Morgan fingerprint density at radius 3 is 2.54 bits per heavy atom. The summed E-state index contributed by atoms with van der Waals surface area (Å²) in [7, 11) is 1.62. The SMILES string of the molecule is CCOC(=O)C1C(C)=NC2=C(C(=O)CC(C)(C)C2)[C@@H]1c1ccc(OC)c(COc2ccccc2)c1. The number of hydrogen-bond donors (Lipinski definition) is 0. The van der Waals surface area contributed by atoms with E-state index in [9.17, 15) is 9.59 Å². The lowest BCUT2D eigenvalue weighted by atomic mass is 9.66. The number of Topliss-reactive ketones (excluding diaryl/α,β-unsaturated/α-hetero) is 1. The predicted octanol–water partition coefficient (Wildman–Crippen LogP) is 5.65. The molecule has 0 radical (unpaired) electrons. The fourth-order valence-electron chi connectivity index (χ4n) is 5.13. The van der Waals surface area contributed by atoms with Gasteiger partial charge in [-0.1, -0.05) is 38.1 Å². The monoisotopic (exact) mass is 475 g/mol. The summed E-state index contributed by atoms with van der Waals surface area (Å²) >= 11 is 0. The van der Waals surface area contributed by atoms with Gasteiger partial charge in [0.05, 0.1) is 13.7 Å². The van der Waals surface area contributed by atoms with Crippen LogP contribution in [0.2, 0.25) is 0 Å². The Kier molecular flexibility index (Phi) is 7.10. The molecule has 1 heterocycles. The summed E-state index contributed by atoms with van der Waals surface area (Å²) in [6, 6.07) is 15.3. The summed E-state index contributed by atoms with van der Waals surface area (Å²) < 4.78 is 17.0. The third-order valence-electron chi connectivity index (χ3n) is 6.64. The molecular weight excluding hydrogens is 442 g/mol. The Bertz CT molecular complexity index is 1180. The van der Waals surface area contributed by atoms with Crippen molar-refractivity contribution in [3.05, 3.63) is 70.9 Å². The number of ketones is 1. The van der Waals surface area contributed by atoms with E-state index in [-0.39, 0.29) is 30.4 Å². The molecular formula is C29H33NO5. The highest BCUT2D eigenvalue weighted by molar-refractivity contribution is 6.09. The maximum absolute atomic E-state index is 13.5. The van der Waals surface area contributed by atoms with Gasteiger partial charge >= 0.3 is 5.97 Å². The zero-order chi connectivity index (χ0) is 25.2. The highest BCUT2D eigenvalue weighted by Crippen LogP contribution is 2.48. The first-order valence-electron chi connectivity index (χ1n) is 12.1. The van der Waals surface area contributed by atoms with E-state index in [1.807, 2.05) is 55.5 Å². The number of hydrogen-bond acceptors (Lipinski definition) is 6. The van der Waals surface area contributed by atoms with Crippen LogP contribution < -0.4 is 9.47 Å². The van der Waals surface area contributed by atoms with Crippen molar-refractivity contribution in [2.24, 2.45) is 16.3 Å². The van der Waals surface area contributed by atoms with Crippen LogP contribution in [0.1, 0.15) is 57.6 Å². The maximum atomic E-state index is 13.5. The zero-order valence-corrected chi connectivity index (χ0v) is 21.1. The molecule has 1 unspecified atom stereocenters. The van der Waals surface area contributed by atoms with Crippen molar-refractivity contribution >= 4 is 17.5 Å². The van der Waals surface area contributed by atoms with Gasteiger partial charge in [0.1, 0.15) is 24.0 Å². The molecule has 0 saturated heterocycles. The fourth-order valence-corrected chi connectivity index (χ4v) is 5.13. The molecule has 35 heavy (non-hydrogen) atoms. The molecule has 1 aliphatic heterocycles. The second-order valence-corrected chi connectivity index (χ2v) is 9.93. The summed E-state index contributed by atoms with van der Waals surface area (Å²) in [6.07, 6.45) is 1.12. The molecule has 6 nitrogen and oxygen atoms in total. The van der Waals surface area contributed by atoms with Gasteiger partial charge in [-0.25, -0.2) is 0 Å². The van der Waals surface area contributed by atoms with Crippen LogP contribution >= 0.6 is 0 Å². The van der Waals surface area contributed by atoms with E-state index in [0.717, 1.165) is 22.6 Å². The van der Waals surface area contributed by atoms with Crippen molar-refractivity contribution in [2.75, 3.05) is 13.7 Å². The summed E-state index contributed by atoms with van der Waals surface area (Å²) in [5.74, 6) is -0.00391. The van der Waals surface area contributed by atoms with Crippen molar-refractivity contribution in [1.29, 1.82) is 0 Å². The quantitative estimate of drug-likeness (QED) is 0.484. The lowest BCUT2D eigenvalue weighted by molar-refractivity contribution is -0.146. The smallest absolute Gasteiger partial charge is 0.315 e. The molecule has 2 aliphatic rings. The number of carbonyl (C=O) groups excluding carboxylic acids is 2. The van der Waals surface area contributed by atoms with Gasteiger partial charge in [-0.2, -0.15) is 0 Å². The minimum absolute atomic E-state index is 0.0460. The summed E-state index contributed by atoms with van der Waals surface area (Å²) in [6.45, 7) is 8.36. The normalized spacial score (nSPS) is 21.2. The lowest BCUT2D eigenvalue weighted by Gasteiger charge is -2.39. The van der Waals surface area contributed by atoms with Gasteiger partial charge in [0.2, 0.25) is 0 Å². The number of methoxy groups -OCH3 is 1. The van der Waals surface area contributed by atoms with E-state index >= 15 is 0 Å². The van der Waals surface area contributed by atoms with Crippen LogP contribution in [-0.4, -0.2) is 31.2 Å². The van der Waals surface area contributed by atoms with E-state index in [1.54, 1.807) is 14.0 Å². The van der Waals surface area contributed by atoms with E-state index < -0.39 is 11.8 Å². The Morgan fingerprint density at radius 1 is 1.11 bits per heavy atom. The standard InChI is InChI=1S/C29H33NO5/c1-6-34-28(32)25-18(2)30-22-15-29(3,4)16-23(31)27(22)26(25)19-12-13-24(33-5)20(14-19)17-35-21-10-8-7-9-11-21/h7-14,25-26H,6,15-17H2,1-5H3/t25?,26-/m1/s1. The van der Waals surface area contributed by atoms with Crippen LogP contribution in [0.15, 0.2) is 64.8 Å². The minimum Gasteiger partial charge on any atom is -0.496 e. The van der Waals surface area contributed by atoms with E-state index in [0.29, 0.717) is 29.9 Å². The van der Waals surface area contributed by atoms with Crippen molar-refractivity contribution in [3.63, 3.8) is 0 Å². The molecule has 0 N–H and O–H groups in total. The van der Waals surface area contributed by atoms with Crippen LogP contribution in [0, 0.1) is 11.3 Å². The summed E-state index contributed by atoms with van der Waals surface area (Å²) in [5, 5.41) is 0. The molecule has 2 aromatic carbocycles. The van der Waals surface area contributed by atoms with Gasteiger partial charge in [0.15, 0.2) is 5.78 Å². The third kappa shape index (κ3) is 5.16. The number of rotatable bonds is 7. The maximum Gasteiger partial charge on any atom is 0.315 e. The molecule has 184 valence electrons. The van der Waals surface area contributed by atoms with E-state index in [4.69, 9.17) is 19.2 Å². The second kappa shape index (κ2) is 10.1. The van der Waals surface area contributed by atoms with E-state index in [1.165, 1.54) is 0 Å². The molecule has 2 aromatic rings. The Hall–Kier alpha value is -3.41. The van der Waals surface area contributed by atoms with Crippen LogP contribution in [0.5, 0.6) is 11.5 Å². The molecule has 2 atom stereocenters. The Morgan fingerprint density at radius 2 is 1.86 bits per heavy atom. The van der Waals surface area contributed by atoms with Crippen molar-refractivity contribution in [1.82, 2.24) is 0 Å². The lowest BCUT2D eigenvalue weighted by Crippen LogP contribution is -2.39.